The third-order valence-electron chi connectivity index (χ3n) is 2.23. The van der Waals surface area contributed by atoms with Crippen LogP contribution in [-0.2, 0) is 14.3 Å². The molecule has 0 spiro atoms. The highest BCUT2D eigenvalue weighted by molar-refractivity contribution is 14.1. The Bertz CT molecular complexity index is 451. The number of carbonyl (C=O) groups is 2. The molecule has 5 nitrogen and oxygen atoms in total. The second-order valence-corrected chi connectivity index (χ2v) is 5.28. The fourth-order valence-electron chi connectivity index (χ4n) is 1.49. The Morgan fingerprint density at radius 1 is 1.37 bits per heavy atom. The predicted molar refractivity (Wildman–Crippen MR) is 81.9 cm³/mol. The van der Waals surface area contributed by atoms with E-state index in [1.165, 1.54) is 0 Å². The van der Waals surface area contributed by atoms with Crippen LogP contribution >= 0.6 is 22.6 Å². The monoisotopic (exact) mass is 376 g/mol. The third-order valence-corrected chi connectivity index (χ3v) is 2.90. The van der Waals surface area contributed by atoms with Gasteiger partial charge in [-0.2, -0.15) is 0 Å². The van der Waals surface area contributed by atoms with Gasteiger partial charge in [-0.15, -0.1) is 0 Å². The van der Waals surface area contributed by atoms with Crippen LogP contribution in [-0.4, -0.2) is 43.5 Å². The Kier molecular flexibility index (Phi) is 6.79. The number of rotatable bonds is 6. The lowest BCUT2D eigenvalue weighted by Crippen LogP contribution is -2.34. The Morgan fingerprint density at radius 3 is 2.74 bits per heavy atom. The maximum atomic E-state index is 11.8. The summed E-state index contributed by atoms with van der Waals surface area (Å²) in [4.78, 5) is 24.6. The Morgan fingerprint density at radius 2 is 2.11 bits per heavy atom. The molecule has 1 N–H and O–H groups in total. The van der Waals surface area contributed by atoms with E-state index in [9.17, 15) is 9.59 Å². The maximum absolute atomic E-state index is 11.8. The number of ether oxygens (including phenoxy) is 1. The van der Waals surface area contributed by atoms with Gasteiger partial charge in [-0.1, -0.05) is 6.07 Å². The molecule has 0 aliphatic rings. The first-order valence-electron chi connectivity index (χ1n) is 5.91. The quantitative estimate of drug-likeness (QED) is 0.607. The van der Waals surface area contributed by atoms with Crippen LogP contribution in [0.2, 0.25) is 0 Å². The van der Waals surface area contributed by atoms with Crippen molar-refractivity contribution in [1.82, 2.24) is 4.90 Å². The van der Waals surface area contributed by atoms with Gasteiger partial charge in [0.15, 0.2) is 0 Å². The molecule has 0 saturated heterocycles. The van der Waals surface area contributed by atoms with Gasteiger partial charge >= 0.3 is 5.97 Å². The number of hydrogen-bond donors (Lipinski definition) is 1. The summed E-state index contributed by atoms with van der Waals surface area (Å²) in [6, 6.07) is 7.53. The van der Waals surface area contributed by atoms with Gasteiger partial charge in [0.25, 0.3) is 0 Å². The zero-order chi connectivity index (χ0) is 14.3. The highest BCUT2D eigenvalue weighted by atomic mass is 127. The van der Waals surface area contributed by atoms with Crippen molar-refractivity contribution >= 4 is 40.2 Å². The molecule has 19 heavy (non-hydrogen) atoms. The van der Waals surface area contributed by atoms with Crippen molar-refractivity contribution in [3.63, 3.8) is 0 Å². The molecule has 104 valence electrons. The molecule has 1 amide bonds. The third kappa shape index (κ3) is 6.53. The van der Waals surface area contributed by atoms with Crippen LogP contribution in [0.5, 0.6) is 0 Å². The predicted octanol–water partition coefficient (Wildman–Crippen LogP) is 1.72. The molecule has 0 atom stereocenters. The Balaban J connectivity index is 2.40. The summed E-state index contributed by atoms with van der Waals surface area (Å²) in [5.74, 6) is -0.485. The van der Waals surface area contributed by atoms with Crippen molar-refractivity contribution in [1.29, 1.82) is 0 Å². The lowest BCUT2D eigenvalue weighted by molar-refractivity contribution is -0.144. The van der Waals surface area contributed by atoms with E-state index >= 15 is 0 Å². The first kappa shape index (κ1) is 15.9. The van der Waals surface area contributed by atoms with E-state index in [-0.39, 0.29) is 25.0 Å². The molecule has 0 aromatic heterocycles. The number of esters is 1. The minimum atomic E-state index is -0.327. The number of halogens is 1. The number of nitrogens with one attached hydrogen (secondary N) is 1. The molecular weight excluding hydrogens is 359 g/mol. The van der Waals surface area contributed by atoms with Crippen LogP contribution in [0, 0.1) is 3.57 Å². The first-order chi connectivity index (χ1) is 9.01. The number of nitrogens with zero attached hydrogens (tertiary/aromatic N) is 1. The molecule has 0 aliphatic carbocycles. The molecule has 1 aromatic rings. The van der Waals surface area contributed by atoms with Crippen LogP contribution < -0.4 is 5.32 Å². The number of amides is 1. The topological polar surface area (TPSA) is 58.6 Å². The fourth-order valence-corrected chi connectivity index (χ4v) is 2.04. The fraction of sp³-hybridized carbons (Fsp3) is 0.385. The van der Waals surface area contributed by atoms with Crippen molar-refractivity contribution in [2.24, 2.45) is 0 Å². The molecule has 0 aliphatic heterocycles. The molecule has 0 bridgehead atoms. The lowest BCUT2D eigenvalue weighted by atomic mass is 10.3. The van der Waals surface area contributed by atoms with Gasteiger partial charge in [-0.05, 0) is 54.8 Å². The Hall–Kier alpha value is -1.15. The van der Waals surface area contributed by atoms with Gasteiger partial charge in [-0.3, -0.25) is 14.5 Å². The van der Waals surface area contributed by atoms with E-state index in [0.29, 0.717) is 6.61 Å². The lowest BCUT2D eigenvalue weighted by Gasteiger charge is -2.15. The summed E-state index contributed by atoms with van der Waals surface area (Å²) in [7, 11) is 1.70. The molecule has 0 heterocycles. The highest BCUT2D eigenvalue weighted by Gasteiger charge is 2.11. The average Bonchev–Trinajstić information content (AvgIpc) is 2.28. The molecule has 1 aromatic carbocycles. The van der Waals surface area contributed by atoms with E-state index in [2.05, 4.69) is 27.9 Å². The molecule has 0 unspecified atom stereocenters. The van der Waals surface area contributed by atoms with Crippen LogP contribution in [0.4, 0.5) is 5.69 Å². The smallest absolute Gasteiger partial charge is 0.320 e. The van der Waals surface area contributed by atoms with E-state index in [1.807, 2.05) is 24.3 Å². The number of likely N-dealkylation sites (N-methyl/N-ethyl adjacent to an activating group) is 1. The molecular formula is C13H17IN2O3. The number of benzene rings is 1. The van der Waals surface area contributed by atoms with Crippen LogP contribution in [0.25, 0.3) is 0 Å². The van der Waals surface area contributed by atoms with Crippen LogP contribution in [0.1, 0.15) is 6.92 Å². The van der Waals surface area contributed by atoms with Crippen molar-refractivity contribution in [2.45, 2.75) is 6.92 Å². The van der Waals surface area contributed by atoms with E-state index < -0.39 is 0 Å². The second kappa shape index (κ2) is 8.11. The minimum Gasteiger partial charge on any atom is -0.465 e. The van der Waals surface area contributed by atoms with Gasteiger partial charge in [0.1, 0.15) is 0 Å². The largest absolute Gasteiger partial charge is 0.465 e. The van der Waals surface area contributed by atoms with Crippen LogP contribution in [0.15, 0.2) is 24.3 Å². The molecule has 1 rings (SSSR count). The van der Waals surface area contributed by atoms with Crippen molar-refractivity contribution < 1.29 is 14.3 Å². The number of carbonyl (C=O) groups excluding carboxylic acids is 2. The Labute approximate surface area is 126 Å². The summed E-state index contributed by atoms with van der Waals surface area (Å²) in [6.45, 7) is 2.35. The summed E-state index contributed by atoms with van der Waals surface area (Å²) >= 11 is 2.18. The average molecular weight is 376 g/mol. The van der Waals surface area contributed by atoms with Gasteiger partial charge in [-0.25, -0.2) is 0 Å². The molecule has 0 saturated carbocycles. The van der Waals surface area contributed by atoms with Crippen molar-refractivity contribution in [3.8, 4) is 0 Å². The summed E-state index contributed by atoms with van der Waals surface area (Å²) < 4.78 is 5.87. The molecule has 0 fully saturated rings. The normalized spacial score (nSPS) is 10.3. The van der Waals surface area contributed by atoms with Gasteiger partial charge in [0.2, 0.25) is 5.91 Å². The van der Waals surface area contributed by atoms with Crippen LogP contribution in [0.3, 0.4) is 0 Å². The summed E-state index contributed by atoms with van der Waals surface area (Å²) in [5, 5.41) is 2.78. The molecule has 0 radical (unpaired) electrons. The molecule has 6 heteroatoms. The van der Waals surface area contributed by atoms with Gasteiger partial charge in [0.05, 0.1) is 19.7 Å². The second-order valence-electron chi connectivity index (χ2n) is 4.04. The zero-order valence-electron chi connectivity index (χ0n) is 11.0. The van der Waals surface area contributed by atoms with Gasteiger partial charge in [0, 0.05) is 9.26 Å². The summed E-state index contributed by atoms with van der Waals surface area (Å²) in [5.41, 5.74) is 0.751. The van der Waals surface area contributed by atoms with E-state index in [4.69, 9.17) is 4.74 Å². The van der Waals surface area contributed by atoms with Gasteiger partial charge < -0.3 is 10.1 Å². The number of hydrogen-bond acceptors (Lipinski definition) is 4. The maximum Gasteiger partial charge on any atom is 0.320 e. The SMILES string of the molecule is CCOC(=O)CN(C)CC(=O)Nc1cccc(I)c1. The standard InChI is InChI=1S/C13H17IN2O3/c1-3-19-13(18)9-16(2)8-12(17)15-11-6-4-5-10(14)7-11/h4-7H,3,8-9H2,1-2H3,(H,15,17). The van der Waals surface area contributed by atoms with Crippen molar-refractivity contribution in [3.05, 3.63) is 27.8 Å². The zero-order valence-corrected chi connectivity index (χ0v) is 13.1. The summed E-state index contributed by atoms with van der Waals surface area (Å²) in [6.07, 6.45) is 0. The van der Waals surface area contributed by atoms with E-state index in [1.54, 1.807) is 18.9 Å². The van der Waals surface area contributed by atoms with E-state index in [0.717, 1.165) is 9.26 Å². The first-order valence-corrected chi connectivity index (χ1v) is 6.98. The number of anilines is 1. The minimum absolute atomic E-state index is 0.105. The highest BCUT2D eigenvalue weighted by Crippen LogP contribution is 2.12. The van der Waals surface area contributed by atoms with Crippen molar-refractivity contribution in [2.75, 3.05) is 32.1 Å².